The Hall–Kier alpha value is -2.13. The van der Waals surface area contributed by atoms with Crippen LogP contribution in [0.4, 0.5) is 0 Å². The van der Waals surface area contributed by atoms with Crippen LogP contribution in [0, 0.1) is 5.92 Å². The first kappa shape index (κ1) is 14.8. The number of hydrogen-bond donors (Lipinski definition) is 0. The molecule has 1 saturated heterocycles. The molecule has 1 aliphatic rings. The van der Waals surface area contributed by atoms with Gasteiger partial charge in [-0.3, -0.25) is 14.5 Å². The molecule has 3 nitrogen and oxygen atoms in total. The Labute approximate surface area is 134 Å². The molecule has 112 valence electrons. The molecule has 3 rings (SSSR count). The lowest BCUT2D eigenvalue weighted by atomic mass is 9.98. The van der Waals surface area contributed by atoms with Gasteiger partial charge in [-0.1, -0.05) is 60.1 Å². The predicted molar refractivity (Wildman–Crippen MR) is 85.3 cm³/mol. The van der Waals surface area contributed by atoms with Crippen LogP contribution in [0.5, 0.6) is 0 Å². The van der Waals surface area contributed by atoms with Gasteiger partial charge in [-0.15, -0.1) is 0 Å². The molecule has 2 aromatic carbocycles. The van der Waals surface area contributed by atoms with Crippen molar-refractivity contribution in [2.75, 3.05) is 0 Å². The third-order valence-electron chi connectivity index (χ3n) is 3.95. The molecule has 2 amide bonds. The maximum Gasteiger partial charge on any atom is 0.233 e. The van der Waals surface area contributed by atoms with Crippen LogP contribution in [0.1, 0.15) is 17.5 Å². The summed E-state index contributed by atoms with van der Waals surface area (Å²) in [5, 5.41) is 0.643. The monoisotopic (exact) mass is 313 g/mol. The van der Waals surface area contributed by atoms with Crippen LogP contribution in [0.3, 0.4) is 0 Å². The van der Waals surface area contributed by atoms with Crippen molar-refractivity contribution in [3.8, 4) is 0 Å². The first-order chi connectivity index (χ1) is 10.6. The minimum absolute atomic E-state index is 0.103. The third kappa shape index (κ3) is 3.04. The summed E-state index contributed by atoms with van der Waals surface area (Å²) in [6, 6.07) is 17.0. The number of rotatable bonds is 4. The fourth-order valence-electron chi connectivity index (χ4n) is 2.77. The van der Waals surface area contributed by atoms with E-state index in [0.29, 0.717) is 18.0 Å². The Morgan fingerprint density at radius 1 is 1.00 bits per heavy atom. The molecule has 0 radical (unpaired) electrons. The highest BCUT2D eigenvalue weighted by molar-refractivity contribution is 6.31. The highest BCUT2D eigenvalue weighted by Crippen LogP contribution is 2.27. The summed E-state index contributed by atoms with van der Waals surface area (Å²) in [6.07, 6.45) is 0.770. The summed E-state index contributed by atoms with van der Waals surface area (Å²) in [5.74, 6) is -0.518. The van der Waals surface area contributed by atoms with Crippen molar-refractivity contribution in [2.24, 2.45) is 5.92 Å². The molecule has 0 aromatic heterocycles. The molecule has 0 unspecified atom stereocenters. The first-order valence-electron chi connectivity index (χ1n) is 7.26. The van der Waals surface area contributed by atoms with E-state index < -0.39 is 0 Å². The van der Waals surface area contributed by atoms with Gasteiger partial charge in [0.05, 0.1) is 12.5 Å². The Kier molecular flexibility index (Phi) is 4.25. The van der Waals surface area contributed by atoms with Crippen LogP contribution in [0.25, 0.3) is 0 Å². The van der Waals surface area contributed by atoms with E-state index in [9.17, 15) is 9.59 Å². The molecule has 1 heterocycles. The standard InChI is InChI=1S/C18H16ClNO2/c19-16-9-5-4-8-14(16)10-15-11-17(21)20(18(15)22)12-13-6-2-1-3-7-13/h1-9,15H,10-12H2/t15-/m0/s1. The van der Waals surface area contributed by atoms with Gasteiger partial charge in [0.15, 0.2) is 0 Å². The van der Waals surface area contributed by atoms with E-state index in [4.69, 9.17) is 11.6 Å². The summed E-state index contributed by atoms with van der Waals surface area (Å²) >= 11 is 6.14. The first-order valence-corrected chi connectivity index (χ1v) is 7.64. The maximum absolute atomic E-state index is 12.5. The van der Waals surface area contributed by atoms with Crippen LogP contribution in [-0.4, -0.2) is 16.7 Å². The molecule has 1 fully saturated rings. The van der Waals surface area contributed by atoms with Crippen molar-refractivity contribution < 1.29 is 9.59 Å². The molecule has 1 atom stereocenters. The van der Waals surface area contributed by atoms with Gasteiger partial charge in [0, 0.05) is 11.4 Å². The third-order valence-corrected chi connectivity index (χ3v) is 4.31. The highest BCUT2D eigenvalue weighted by atomic mass is 35.5. The van der Waals surface area contributed by atoms with Gasteiger partial charge in [-0.25, -0.2) is 0 Å². The molecular formula is C18H16ClNO2. The summed E-state index contributed by atoms with van der Waals surface area (Å²) in [5.41, 5.74) is 1.87. The second-order valence-electron chi connectivity index (χ2n) is 5.50. The van der Waals surface area contributed by atoms with E-state index >= 15 is 0 Å². The molecule has 4 heteroatoms. The lowest BCUT2D eigenvalue weighted by molar-refractivity contribution is -0.140. The van der Waals surface area contributed by atoms with Gasteiger partial charge in [0.2, 0.25) is 11.8 Å². The fraction of sp³-hybridized carbons (Fsp3) is 0.222. The number of imide groups is 1. The van der Waals surface area contributed by atoms with Gasteiger partial charge in [0.25, 0.3) is 0 Å². The van der Waals surface area contributed by atoms with Crippen molar-refractivity contribution in [3.63, 3.8) is 0 Å². The molecule has 0 aliphatic carbocycles. The number of nitrogens with zero attached hydrogens (tertiary/aromatic N) is 1. The summed E-state index contributed by atoms with van der Waals surface area (Å²) in [7, 11) is 0. The van der Waals surface area contributed by atoms with Crippen molar-refractivity contribution in [1.82, 2.24) is 4.90 Å². The zero-order valence-corrected chi connectivity index (χ0v) is 12.8. The molecule has 0 bridgehead atoms. The molecule has 22 heavy (non-hydrogen) atoms. The minimum Gasteiger partial charge on any atom is -0.278 e. The van der Waals surface area contributed by atoms with Gasteiger partial charge >= 0.3 is 0 Å². The van der Waals surface area contributed by atoms with Gasteiger partial charge in [-0.2, -0.15) is 0 Å². The Balaban J connectivity index is 1.73. The lowest BCUT2D eigenvalue weighted by Gasteiger charge is -2.15. The number of hydrogen-bond acceptors (Lipinski definition) is 2. The van der Waals surface area contributed by atoms with Crippen LogP contribution in [-0.2, 0) is 22.6 Å². The van der Waals surface area contributed by atoms with Crippen molar-refractivity contribution in [1.29, 1.82) is 0 Å². The molecular weight excluding hydrogens is 298 g/mol. The second kappa shape index (κ2) is 6.32. The summed E-state index contributed by atoms with van der Waals surface area (Å²) < 4.78 is 0. The topological polar surface area (TPSA) is 37.4 Å². The van der Waals surface area contributed by atoms with E-state index in [1.807, 2.05) is 48.5 Å². The number of carbonyl (C=O) groups is 2. The number of carbonyl (C=O) groups excluding carboxylic acids is 2. The van der Waals surface area contributed by atoms with Crippen LogP contribution < -0.4 is 0 Å². The number of amides is 2. The smallest absolute Gasteiger partial charge is 0.233 e. The highest BCUT2D eigenvalue weighted by Gasteiger charge is 2.38. The zero-order chi connectivity index (χ0) is 15.5. The maximum atomic E-state index is 12.5. The van der Waals surface area contributed by atoms with Crippen LogP contribution in [0.2, 0.25) is 5.02 Å². The number of likely N-dealkylation sites (tertiary alicyclic amines) is 1. The average Bonchev–Trinajstić information content (AvgIpc) is 2.78. The Bertz CT molecular complexity index is 699. The van der Waals surface area contributed by atoms with E-state index in [1.165, 1.54) is 4.90 Å². The Morgan fingerprint density at radius 2 is 1.68 bits per heavy atom. The molecule has 0 saturated carbocycles. The number of benzene rings is 2. The van der Waals surface area contributed by atoms with E-state index in [1.54, 1.807) is 6.07 Å². The molecule has 2 aromatic rings. The second-order valence-corrected chi connectivity index (χ2v) is 5.91. The predicted octanol–water partition coefficient (Wildman–Crippen LogP) is 3.46. The summed E-state index contributed by atoms with van der Waals surface area (Å²) in [4.78, 5) is 26.0. The average molecular weight is 314 g/mol. The Morgan fingerprint density at radius 3 is 2.41 bits per heavy atom. The quantitative estimate of drug-likeness (QED) is 0.811. The van der Waals surface area contributed by atoms with E-state index in [-0.39, 0.29) is 24.2 Å². The minimum atomic E-state index is -0.309. The molecule has 0 spiro atoms. The van der Waals surface area contributed by atoms with Crippen LogP contribution >= 0.6 is 11.6 Å². The van der Waals surface area contributed by atoms with Crippen molar-refractivity contribution in [2.45, 2.75) is 19.4 Å². The molecule has 1 aliphatic heterocycles. The number of halogens is 1. The lowest BCUT2D eigenvalue weighted by Crippen LogP contribution is -2.30. The largest absolute Gasteiger partial charge is 0.278 e. The van der Waals surface area contributed by atoms with Gasteiger partial charge < -0.3 is 0 Å². The van der Waals surface area contributed by atoms with Crippen molar-refractivity contribution in [3.05, 3.63) is 70.7 Å². The zero-order valence-electron chi connectivity index (χ0n) is 12.0. The van der Waals surface area contributed by atoms with Gasteiger partial charge in [-0.05, 0) is 23.6 Å². The summed E-state index contributed by atoms with van der Waals surface area (Å²) in [6.45, 7) is 0.345. The van der Waals surface area contributed by atoms with Crippen LogP contribution in [0.15, 0.2) is 54.6 Å². The molecule has 0 N–H and O–H groups in total. The SMILES string of the molecule is O=C1C[C@H](Cc2ccccc2Cl)C(=O)N1Cc1ccccc1. The van der Waals surface area contributed by atoms with Crippen molar-refractivity contribution >= 4 is 23.4 Å². The van der Waals surface area contributed by atoms with E-state index in [0.717, 1.165) is 11.1 Å². The van der Waals surface area contributed by atoms with Gasteiger partial charge in [0.1, 0.15) is 0 Å². The van der Waals surface area contributed by atoms with E-state index in [2.05, 4.69) is 0 Å². The fourth-order valence-corrected chi connectivity index (χ4v) is 2.99. The normalized spacial score (nSPS) is 18.0.